The largest absolute Gasteiger partial charge is 0.465 e. The second kappa shape index (κ2) is 3.69. The number of carbonyl (C=O) groups is 1. The molecular formula is C7H7N3O4. The summed E-state index contributed by atoms with van der Waals surface area (Å²) in [5, 5.41) is 20.7. The van der Waals surface area contributed by atoms with Gasteiger partial charge in [0.05, 0.1) is 4.92 Å². The van der Waals surface area contributed by atoms with E-state index < -0.39 is 11.0 Å². The summed E-state index contributed by atoms with van der Waals surface area (Å²) in [5.74, 6) is 0.100. The van der Waals surface area contributed by atoms with Crippen LogP contribution in [0.1, 0.15) is 5.56 Å². The van der Waals surface area contributed by atoms with Crippen molar-refractivity contribution >= 4 is 17.6 Å². The van der Waals surface area contributed by atoms with E-state index in [1.165, 1.54) is 13.0 Å². The Morgan fingerprint density at radius 2 is 2.36 bits per heavy atom. The smallest absolute Gasteiger partial charge is 0.410 e. The highest BCUT2D eigenvalue weighted by Gasteiger charge is 2.10. The Labute approximate surface area is 78.5 Å². The number of hydrogen-bond acceptors (Lipinski definition) is 4. The topological polar surface area (TPSA) is 105 Å². The van der Waals surface area contributed by atoms with E-state index >= 15 is 0 Å². The van der Waals surface area contributed by atoms with Gasteiger partial charge in [-0.15, -0.1) is 0 Å². The van der Waals surface area contributed by atoms with Crippen LogP contribution < -0.4 is 5.32 Å². The van der Waals surface area contributed by atoms with Gasteiger partial charge in [0.15, 0.2) is 0 Å². The second-order valence-corrected chi connectivity index (χ2v) is 2.55. The molecule has 0 aromatic carbocycles. The van der Waals surface area contributed by atoms with Gasteiger partial charge in [0.25, 0.3) is 5.69 Å². The zero-order chi connectivity index (χ0) is 10.7. The van der Waals surface area contributed by atoms with Crippen LogP contribution in [0.4, 0.5) is 16.3 Å². The molecule has 0 radical (unpaired) electrons. The summed E-state index contributed by atoms with van der Waals surface area (Å²) in [6.07, 6.45) is -0.257. The molecule has 0 saturated heterocycles. The number of nitrogens with one attached hydrogen (secondary N) is 1. The molecule has 74 valence electrons. The van der Waals surface area contributed by atoms with Crippen LogP contribution in [0.5, 0.6) is 0 Å². The van der Waals surface area contributed by atoms with Gasteiger partial charge in [0, 0.05) is 6.07 Å². The molecule has 7 heteroatoms. The molecule has 1 rings (SSSR count). The first-order valence-corrected chi connectivity index (χ1v) is 3.61. The highest BCUT2D eigenvalue weighted by molar-refractivity contribution is 5.82. The van der Waals surface area contributed by atoms with Gasteiger partial charge in [-0.2, -0.15) is 0 Å². The Hall–Kier alpha value is -2.18. The van der Waals surface area contributed by atoms with E-state index in [2.05, 4.69) is 4.98 Å². The van der Waals surface area contributed by atoms with E-state index in [0.29, 0.717) is 5.56 Å². The zero-order valence-electron chi connectivity index (χ0n) is 7.22. The van der Waals surface area contributed by atoms with Crippen LogP contribution in [-0.2, 0) is 0 Å². The van der Waals surface area contributed by atoms with E-state index in [4.69, 9.17) is 5.11 Å². The van der Waals surface area contributed by atoms with Crippen molar-refractivity contribution in [1.29, 1.82) is 0 Å². The summed E-state index contributed by atoms with van der Waals surface area (Å²) in [5.41, 5.74) is 0.236. The monoisotopic (exact) mass is 197 g/mol. The number of aromatic nitrogens is 1. The van der Waals surface area contributed by atoms with Crippen LogP contribution in [0.25, 0.3) is 0 Å². The molecule has 0 aliphatic carbocycles. The molecule has 2 N–H and O–H groups in total. The summed E-state index contributed by atoms with van der Waals surface area (Å²) in [6, 6.07) is 1.25. The minimum Gasteiger partial charge on any atom is -0.465 e. The van der Waals surface area contributed by atoms with Gasteiger partial charge in [-0.25, -0.2) is 9.78 Å². The molecule has 0 aliphatic rings. The standard InChI is InChI=1S/C7H7N3O4/c1-4-2-5(10(13)14)3-8-6(4)9-7(11)12/h2-3H,1H3,(H,8,9)(H,11,12). The third kappa shape index (κ3) is 2.16. The van der Waals surface area contributed by atoms with Crippen molar-refractivity contribution in [3.8, 4) is 0 Å². The Morgan fingerprint density at radius 3 is 2.79 bits per heavy atom. The first-order valence-electron chi connectivity index (χ1n) is 3.61. The number of pyridine rings is 1. The number of rotatable bonds is 2. The number of anilines is 1. The molecule has 0 spiro atoms. The van der Waals surface area contributed by atoms with Crippen molar-refractivity contribution < 1.29 is 14.8 Å². The quantitative estimate of drug-likeness (QED) is 0.550. The molecule has 1 heterocycles. The lowest BCUT2D eigenvalue weighted by atomic mass is 10.2. The third-order valence-electron chi connectivity index (χ3n) is 1.50. The van der Waals surface area contributed by atoms with E-state index in [1.807, 2.05) is 5.32 Å². The summed E-state index contributed by atoms with van der Waals surface area (Å²) in [6.45, 7) is 1.53. The predicted molar refractivity (Wildman–Crippen MR) is 47.3 cm³/mol. The highest BCUT2D eigenvalue weighted by atomic mass is 16.6. The molecule has 0 aliphatic heterocycles. The first-order chi connectivity index (χ1) is 6.50. The molecule has 1 amide bonds. The summed E-state index contributed by atoms with van der Waals surface area (Å²) < 4.78 is 0. The fourth-order valence-electron chi connectivity index (χ4n) is 0.892. The average Bonchev–Trinajstić information content (AvgIpc) is 2.07. The molecule has 7 nitrogen and oxygen atoms in total. The number of aryl methyl sites for hydroxylation is 1. The summed E-state index contributed by atoms with van der Waals surface area (Å²) in [4.78, 5) is 23.6. The van der Waals surface area contributed by atoms with Crippen LogP contribution in [0, 0.1) is 17.0 Å². The zero-order valence-corrected chi connectivity index (χ0v) is 7.22. The van der Waals surface area contributed by atoms with Gasteiger partial charge in [0.1, 0.15) is 12.0 Å². The number of hydrogen-bond donors (Lipinski definition) is 2. The fraction of sp³-hybridized carbons (Fsp3) is 0.143. The molecule has 0 atom stereocenters. The highest BCUT2D eigenvalue weighted by Crippen LogP contribution is 2.17. The Kier molecular flexibility index (Phi) is 2.61. The second-order valence-electron chi connectivity index (χ2n) is 2.55. The minimum absolute atomic E-state index is 0.100. The van der Waals surface area contributed by atoms with Crippen LogP contribution in [0.15, 0.2) is 12.3 Å². The maximum absolute atomic E-state index is 10.3. The van der Waals surface area contributed by atoms with Gasteiger partial charge in [-0.1, -0.05) is 0 Å². The Bertz CT molecular complexity index is 391. The number of nitro groups is 1. The first kappa shape index (κ1) is 9.90. The fourth-order valence-corrected chi connectivity index (χ4v) is 0.892. The van der Waals surface area contributed by atoms with E-state index in [-0.39, 0.29) is 11.5 Å². The molecule has 0 saturated carbocycles. The van der Waals surface area contributed by atoms with E-state index in [0.717, 1.165) is 6.20 Å². The van der Waals surface area contributed by atoms with Crippen LogP contribution in [-0.4, -0.2) is 21.1 Å². The molecule has 0 unspecified atom stereocenters. The predicted octanol–water partition coefficient (Wildman–Crippen LogP) is 1.39. The summed E-state index contributed by atoms with van der Waals surface area (Å²) >= 11 is 0. The van der Waals surface area contributed by atoms with Crippen molar-refractivity contribution in [3.05, 3.63) is 27.9 Å². The SMILES string of the molecule is Cc1cc([N+](=O)[O-])cnc1NC(=O)O. The van der Waals surface area contributed by atoms with Crippen LogP contribution in [0.3, 0.4) is 0 Å². The van der Waals surface area contributed by atoms with Gasteiger partial charge in [-0.05, 0) is 12.5 Å². The van der Waals surface area contributed by atoms with Crippen molar-refractivity contribution in [2.45, 2.75) is 6.92 Å². The molecule has 14 heavy (non-hydrogen) atoms. The normalized spacial score (nSPS) is 9.50. The molecular weight excluding hydrogens is 190 g/mol. The van der Waals surface area contributed by atoms with Gasteiger partial charge < -0.3 is 5.11 Å². The average molecular weight is 197 g/mol. The maximum Gasteiger partial charge on any atom is 0.410 e. The number of amides is 1. The number of carboxylic acid groups (broad SMARTS) is 1. The molecule has 0 fully saturated rings. The van der Waals surface area contributed by atoms with E-state index in [1.54, 1.807) is 0 Å². The van der Waals surface area contributed by atoms with Gasteiger partial charge in [0.2, 0.25) is 0 Å². The van der Waals surface area contributed by atoms with E-state index in [9.17, 15) is 14.9 Å². The lowest BCUT2D eigenvalue weighted by molar-refractivity contribution is -0.385. The molecule has 0 bridgehead atoms. The Morgan fingerprint density at radius 1 is 1.71 bits per heavy atom. The minimum atomic E-state index is -1.26. The van der Waals surface area contributed by atoms with Crippen LogP contribution >= 0.6 is 0 Å². The molecule has 1 aromatic rings. The lowest BCUT2D eigenvalue weighted by Gasteiger charge is -2.02. The molecule has 1 aromatic heterocycles. The van der Waals surface area contributed by atoms with Gasteiger partial charge in [-0.3, -0.25) is 15.4 Å². The van der Waals surface area contributed by atoms with Crippen molar-refractivity contribution in [2.75, 3.05) is 5.32 Å². The van der Waals surface area contributed by atoms with Crippen LogP contribution in [0.2, 0.25) is 0 Å². The third-order valence-corrected chi connectivity index (χ3v) is 1.50. The maximum atomic E-state index is 10.3. The Balaban J connectivity index is 3.01. The van der Waals surface area contributed by atoms with Crippen molar-refractivity contribution in [3.63, 3.8) is 0 Å². The number of nitrogens with zero attached hydrogens (tertiary/aromatic N) is 2. The van der Waals surface area contributed by atoms with Crippen molar-refractivity contribution in [2.24, 2.45) is 0 Å². The van der Waals surface area contributed by atoms with Crippen molar-refractivity contribution in [1.82, 2.24) is 4.98 Å². The summed E-state index contributed by atoms with van der Waals surface area (Å²) in [7, 11) is 0. The lowest BCUT2D eigenvalue weighted by Crippen LogP contribution is -2.10. The van der Waals surface area contributed by atoms with Gasteiger partial charge >= 0.3 is 6.09 Å².